The highest BCUT2D eigenvalue weighted by Gasteiger charge is 2.42. The summed E-state index contributed by atoms with van der Waals surface area (Å²) in [6, 6.07) is 6.38. The van der Waals surface area contributed by atoms with Gasteiger partial charge in [0, 0.05) is 25.6 Å². The molecule has 0 heterocycles. The van der Waals surface area contributed by atoms with Crippen LogP contribution in [0.2, 0.25) is 0 Å². The number of alkyl halides is 3. The van der Waals surface area contributed by atoms with Gasteiger partial charge in [0.1, 0.15) is 5.75 Å². The van der Waals surface area contributed by atoms with Crippen molar-refractivity contribution in [1.29, 1.82) is 0 Å². The molecule has 1 aliphatic rings. The molecule has 0 bridgehead atoms. The number of hydrogen-bond donors (Lipinski definition) is 2. The Morgan fingerprint density at radius 2 is 2.04 bits per heavy atom. The predicted octanol–water partition coefficient (Wildman–Crippen LogP) is 4.37. The van der Waals surface area contributed by atoms with Gasteiger partial charge in [0.05, 0.1) is 0 Å². The van der Waals surface area contributed by atoms with Crippen molar-refractivity contribution in [3.8, 4) is 5.75 Å². The number of guanidine groups is 1. The summed E-state index contributed by atoms with van der Waals surface area (Å²) in [5.41, 5.74) is 0.577. The zero-order valence-electron chi connectivity index (χ0n) is 14.8. The molecule has 26 heavy (non-hydrogen) atoms. The molecule has 1 aromatic carbocycles. The number of ether oxygens (including phenoxy) is 1. The van der Waals surface area contributed by atoms with Crippen molar-refractivity contribution in [2.75, 3.05) is 25.6 Å². The van der Waals surface area contributed by atoms with E-state index in [9.17, 15) is 13.2 Å². The second kappa shape index (κ2) is 11.1. The van der Waals surface area contributed by atoms with Crippen LogP contribution in [0.5, 0.6) is 5.75 Å². The smallest absolute Gasteiger partial charge is 0.405 e. The van der Waals surface area contributed by atoms with Crippen LogP contribution in [0.3, 0.4) is 0 Å². The van der Waals surface area contributed by atoms with Crippen LogP contribution in [0, 0.1) is 0 Å². The van der Waals surface area contributed by atoms with Crippen LogP contribution in [0.25, 0.3) is 0 Å². The highest BCUT2D eigenvalue weighted by molar-refractivity contribution is 14.0. The second-order valence-electron chi connectivity index (χ2n) is 5.88. The maximum atomic E-state index is 12.5. The molecule has 1 aromatic rings. The van der Waals surface area contributed by atoms with Gasteiger partial charge < -0.3 is 15.4 Å². The zero-order chi connectivity index (χ0) is 18.3. The minimum Gasteiger partial charge on any atom is -0.405 e. The molecule has 4 nitrogen and oxygen atoms in total. The molecule has 2 atom stereocenters. The largest absolute Gasteiger partial charge is 0.573 e. The van der Waals surface area contributed by atoms with Gasteiger partial charge >= 0.3 is 6.36 Å². The van der Waals surface area contributed by atoms with E-state index in [4.69, 9.17) is 0 Å². The summed E-state index contributed by atoms with van der Waals surface area (Å²) in [5, 5.41) is 6.51. The summed E-state index contributed by atoms with van der Waals surface area (Å²) in [6.07, 6.45) is 0.354. The normalized spacial score (nSPS) is 19.5. The van der Waals surface area contributed by atoms with Crippen molar-refractivity contribution in [3.63, 3.8) is 0 Å². The molecule has 148 valence electrons. The molecule has 2 unspecified atom stereocenters. The fourth-order valence-corrected chi connectivity index (χ4v) is 3.14. The maximum Gasteiger partial charge on any atom is 0.573 e. The molecule has 2 rings (SSSR count). The number of unbranched alkanes of at least 4 members (excludes halogenated alkanes) is 1. The first kappa shape index (κ1) is 23.2. The number of nitrogens with one attached hydrogen (secondary N) is 2. The summed E-state index contributed by atoms with van der Waals surface area (Å²) in [7, 11) is 1.69. The van der Waals surface area contributed by atoms with Crippen LogP contribution in [0.4, 0.5) is 13.2 Å². The van der Waals surface area contributed by atoms with E-state index in [0.717, 1.165) is 31.6 Å². The molecule has 0 amide bonds. The van der Waals surface area contributed by atoms with Crippen molar-refractivity contribution in [1.82, 2.24) is 10.6 Å². The Hall–Kier alpha value is -0.840. The molecular weight excluding hydrogens is 478 g/mol. The molecular formula is C17H25F3IN3OS. The highest BCUT2D eigenvalue weighted by atomic mass is 127. The SMILES string of the molecule is CN=C(NCCCCSC)NC1CC1c1ccccc1OC(F)(F)F.I. The van der Waals surface area contributed by atoms with Crippen LogP contribution in [-0.2, 0) is 0 Å². The molecule has 0 radical (unpaired) electrons. The monoisotopic (exact) mass is 503 g/mol. The number of benzene rings is 1. The third-order valence-electron chi connectivity index (χ3n) is 3.95. The van der Waals surface area contributed by atoms with Gasteiger partial charge in [-0.2, -0.15) is 11.8 Å². The van der Waals surface area contributed by atoms with Gasteiger partial charge in [-0.25, -0.2) is 0 Å². The molecule has 1 saturated carbocycles. The van der Waals surface area contributed by atoms with E-state index in [1.807, 2.05) is 11.8 Å². The van der Waals surface area contributed by atoms with E-state index in [1.54, 1.807) is 25.2 Å². The van der Waals surface area contributed by atoms with Gasteiger partial charge in [0.2, 0.25) is 0 Å². The molecule has 1 aliphatic carbocycles. The van der Waals surface area contributed by atoms with Crippen LogP contribution >= 0.6 is 35.7 Å². The molecule has 0 aromatic heterocycles. The molecule has 0 spiro atoms. The van der Waals surface area contributed by atoms with E-state index >= 15 is 0 Å². The number of rotatable bonds is 8. The first-order valence-electron chi connectivity index (χ1n) is 8.25. The number of halogens is 4. The lowest BCUT2D eigenvalue weighted by atomic mass is 10.1. The number of hydrogen-bond acceptors (Lipinski definition) is 3. The Bertz CT molecular complexity index is 587. The fourth-order valence-electron chi connectivity index (χ4n) is 2.65. The minimum atomic E-state index is -4.68. The van der Waals surface area contributed by atoms with Crippen molar-refractivity contribution in [2.45, 2.75) is 37.6 Å². The average molecular weight is 503 g/mol. The average Bonchev–Trinajstić information content (AvgIpc) is 3.31. The summed E-state index contributed by atoms with van der Waals surface area (Å²) < 4.78 is 41.7. The topological polar surface area (TPSA) is 45.7 Å². The third-order valence-corrected chi connectivity index (χ3v) is 4.64. The molecule has 0 aliphatic heterocycles. The molecule has 0 saturated heterocycles. The lowest BCUT2D eigenvalue weighted by molar-refractivity contribution is -0.274. The lowest BCUT2D eigenvalue weighted by Crippen LogP contribution is -2.39. The fraction of sp³-hybridized carbons (Fsp3) is 0.588. The van der Waals surface area contributed by atoms with Gasteiger partial charge in [0.25, 0.3) is 0 Å². The van der Waals surface area contributed by atoms with E-state index < -0.39 is 6.36 Å². The van der Waals surface area contributed by atoms with Gasteiger partial charge in [-0.1, -0.05) is 18.2 Å². The van der Waals surface area contributed by atoms with Crippen LogP contribution in [-0.4, -0.2) is 44.0 Å². The predicted molar refractivity (Wildman–Crippen MR) is 112 cm³/mol. The maximum absolute atomic E-state index is 12.5. The number of nitrogens with zero attached hydrogens (tertiary/aromatic N) is 1. The Labute approximate surface area is 173 Å². The Balaban J connectivity index is 0.00000338. The van der Waals surface area contributed by atoms with Crippen molar-refractivity contribution < 1.29 is 17.9 Å². The number of aliphatic imine (C=N–C) groups is 1. The molecule has 9 heteroatoms. The standard InChI is InChI=1S/C17H24F3N3OS.HI/c1-21-16(22-9-5-6-10-25-2)23-14-11-13(14)12-7-3-4-8-15(12)24-17(18,19)20;/h3-4,7-8,13-14H,5-6,9-11H2,1-2H3,(H2,21,22,23);1H. The lowest BCUT2D eigenvalue weighted by Gasteiger charge is -2.14. The van der Waals surface area contributed by atoms with E-state index in [1.165, 1.54) is 6.07 Å². The minimum absolute atomic E-state index is 0. The van der Waals surface area contributed by atoms with Crippen LogP contribution in [0.1, 0.15) is 30.7 Å². The van der Waals surface area contributed by atoms with Gasteiger partial charge in [-0.3, -0.25) is 4.99 Å². The Morgan fingerprint density at radius 1 is 1.31 bits per heavy atom. The van der Waals surface area contributed by atoms with Gasteiger partial charge in [-0.05, 0) is 42.9 Å². The van der Waals surface area contributed by atoms with E-state index in [-0.39, 0.29) is 41.7 Å². The van der Waals surface area contributed by atoms with Crippen LogP contribution in [0.15, 0.2) is 29.3 Å². The Kier molecular flexibility index (Phi) is 9.91. The van der Waals surface area contributed by atoms with Gasteiger partial charge in [0.15, 0.2) is 5.96 Å². The number of para-hydroxylation sites is 1. The summed E-state index contributed by atoms with van der Waals surface area (Å²) in [6.45, 7) is 0.825. The van der Waals surface area contributed by atoms with E-state index in [0.29, 0.717) is 11.5 Å². The summed E-state index contributed by atoms with van der Waals surface area (Å²) in [4.78, 5) is 4.17. The van der Waals surface area contributed by atoms with Crippen molar-refractivity contribution >= 4 is 41.7 Å². The first-order chi connectivity index (χ1) is 11.9. The molecule has 2 N–H and O–H groups in total. The third kappa shape index (κ3) is 7.81. The first-order valence-corrected chi connectivity index (χ1v) is 9.64. The van der Waals surface area contributed by atoms with E-state index in [2.05, 4.69) is 26.6 Å². The summed E-state index contributed by atoms with van der Waals surface area (Å²) >= 11 is 1.82. The van der Waals surface area contributed by atoms with Crippen molar-refractivity contribution in [3.05, 3.63) is 29.8 Å². The van der Waals surface area contributed by atoms with Crippen LogP contribution < -0.4 is 15.4 Å². The number of thioether (sulfide) groups is 1. The highest BCUT2D eigenvalue weighted by Crippen LogP contribution is 2.45. The second-order valence-corrected chi connectivity index (χ2v) is 6.86. The molecule has 1 fully saturated rings. The zero-order valence-corrected chi connectivity index (χ0v) is 18.0. The Morgan fingerprint density at radius 3 is 2.69 bits per heavy atom. The van der Waals surface area contributed by atoms with Gasteiger partial charge in [-0.15, -0.1) is 37.1 Å². The van der Waals surface area contributed by atoms with Crippen molar-refractivity contribution in [2.24, 2.45) is 4.99 Å². The summed E-state index contributed by atoms with van der Waals surface area (Å²) in [5.74, 6) is 1.69. The quantitative estimate of drug-likeness (QED) is 0.240.